The molecular formula is C21H16F4KN4O2-. The molecule has 1 unspecified atom stereocenters. The van der Waals surface area contributed by atoms with Crippen molar-refractivity contribution in [3.8, 4) is 0 Å². The molecule has 1 amide bonds. The third kappa shape index (κ3) is 7.17. The van der Waals surface area contributed by atoms with E-state index in [1.165, 1.54) is 36.9 Å². The van der Waals surface area contributed by atoms with Gasteiger partial charge in [0.2, 0.25) is 0 Å². The zero-order chi connectivity index (χ0) is 22.4. The number of hydrogen-bond acceptors (Lipinski definition) is 5. The first-order chi connectivity index (χ1) is 14.7. The number of aromatic nitrogens is 1. The first kappa shape index (κ1) is 26.1. The molecule has 1 aromatic carbocycles. The van der Waals surface area contributed by atoms with E-state index in [-0.39, 0.29) is 68.2 Å². The van der Waals surface area contributed by atoms with Gasteiger partial charge < -0.3 is 26.2 Å². The van der Waals surface area contributed by atoms with Crippen molar-refractivity contribution >= 4 is 11.6 Å². The van der Waals surface area contributed by atoms with Crippen LogP contribution < -0.4 is 67.4 Å². The summed E-state index contributed by atoms with van der Waals surface area (Å²) in [5.74, 6) is -1.19. The Morgan fingerprint density at radius 2 is 2.06 bits per heavy atom. The van der Waals surface area contributed by atoms with Crippen LogP contribution in [-0.4, -0.2) is 10.9 Å². The fourth-order valence-corrected chi connectivity index (χ4v) is 2.53. The molecule has 32 heavy (non-hydrogen) atoms. The molecule has 3 aromatic rings. The van der Waals surface area contributed by atoms with Gasteiger partial charge in [-0.2, -0.15) is 19.2 Å². The summed E-state index contributed by atoms with van der Waals surface area (Å²) in [7, 11) is 0. The van der Waals surface area contributed by atoms with E-state index in [1.54, 1.807) is 13.0 Å². The van der Waals surface area contributed by atoms with Crippen molar-refractivity contribution in [1.29, 1.82) is 0 Å². The standard InChI is InChI=1S/C21H16F4N4O2.K/c1-13(26-7-8-27-16-6-9-31-12-16)17-10-15(3-4-18(17)22)29-20(30)14-2-5-19(28-11-14)21(23,24)25;/h2-6,8-13,26H,1H3,(H,29,30);/q-2;+1. The molecule has 2 N–H and O–H groups in total. The van der Waals surface area contributed by atoms with Crippen LogP contribution in [0.4, 0.5) is 23.2 Å². The van der Waals surface area contributed by atoms with Crippen LogP contribution in [0, 0.1) is 12.0 Å². The number of furan rings is 1. The second kappa shape index (κ2) is 11.6. The summed E-state index contributed by atoms with van der Waals surface area (Å²) in [6, 6.07) is 6.80. The molecular weight excluding hydrogens is 455 g/mol. The maximum atomic E-state index is 14.2. The van der Waals surface area contributed by atoms with E-state index in [0.717, 1.165) is 12.3 Å². The third-order valence-corrected chi connectivity index (χ3v) is 4.12. The van der Waals surface area contributed by atoms with Crippen LogP contribution in [0.2, 0.25) is 0 Å². The van der Waals surface area contributed by atoms with Crippen LogP contribution in [0.5, 0.6) is 0 Å². The number of hydrogen-bond donors (Lipinski definition) is 2. The van der Waals surface area contributed by atoms with Crippen molar-refractivity contribution in [2.45, 2.75) is 19.1 Å². The first-order valence-electron chi connectivity index (χ1n) is 8.94. The third-order valence-electron chi connectivity index (χ3n) is 4.12. The number of benzene rings is 1. The fraction of sp³-hybridized carbons (Fsp3) is 0.143. The molecule has 6 nitrogen and oxygen atoms in total. The summed E-state index contributed by atoms with van der Waals surface area (Å²) < 4.78 is 56.9. The summed E-state index contributed by atoms with van der Waals surface area (Å²) >= 11 is 0. The molecule has 2 heterocycles. The van der Waals surface area contributed by atoms with Crippen LogP contribution in [0.15, 0.2) is 70.7 Å². The van der Waals surface area contributed by atoms with Crippen molar-refractivity contribution in [3.63, 3.8) is 0 Å². The summed E-state index contributed by atoms with van der Waals surface area (Å²) in [6.07, 6.45) is 3.23. The SMILES string of the molecule is CC(N[C-]=CN=c1cco[cH-]1)c1cc(NC(=O)c2ccc(C(F)(F)F)nc2)ccc1F.[K+]. The van der Waals surface area contributed by atoms with E-state index in [4.69, 9.17) is 4.42 Å². The molecule has 162 valence electrons. The number of rotatable bonds is 6. The Morgan fingerprint density at radius 3 is 2.69 bits per heavy atom. The molecule has 1 atom stereocenters. The molecule has 3 rings (SSSR count). The quantitative estimate of drug-likeness (QED) is 0.246. The topological polar surface area (TPSA) is 79.5 Å². The van der Waals surface area contributed by atoms with Gasteiger partial charge in [0.15, 0.2) is 0 Å². The minimum absolute atomic E-state index is 0. The minimum Gasteiger partial charge on any atom is -0.595 e. The number of amides is 1. The van der Waals surface area contributed by atoms with E-state index in [9.17, 15) is 22.4 Å². The Kier molecular flexibility index (Phi) is 9.46. The van der Waals surface area contributed by atoms with Crippen molar-refractivity contribution in [1.82, 2.24) is 10.3 Å². The number of nitrogens with zero attached hydrogens (tertiary/aromatic N) is 2. The predicted molar refractivity (Wildman–Crippen MR) is 103 cm³/mol. The molecule has 0 aliphatic rings. The molecule has 0 aliphatic heterocycles. The van der Waals surface area contributed by atoms with E-state index in [1.807, 2.05) is 0 Å². The zero-order valence-electron chi connectivity index (χ0n) is 17.1. The van der Waals surface area contributed by atoms with Gasteiger partial charge in [-0.15, -0.1) is 6.20 Å². The van der Waals surface area contributed by atoms with Gasteiger partial charge in [0.25, 0.3) is 5.91 Å². The van der Waals surface area contributed by atoms with Gasteiger partial charge in [-0.05, 0) is 48.9 Å². The molecule has 0 aliphatic carbocycles. The smallest absolute Gasteiger partial charge is 0.595 e. The number of carbonyl (C=O) groups is 1. The number of nitrogens with one attached hydrogen (secondary N) is 2. The molecule has 0 saturated heterocycles. The second-order valence-corrected chi connectivity index (χ2v) is 6.37. The van der Waals surface area contributed by atoms with Gasteiger partial charge in [0.1, 0.15) is 11.5 Å². The van der Waals surface area contributed by atoms with Crippen LogP contribution in [0.25, 0.3) is 0 Å². The monoisotopic (exact) mass is 471 g/mol. The van der Waals surface area contributed by atoms with Gasteiger partial charge in [-0.1, -0.05) is 6.26 Å². The summed E-state index contributed by atoms with van der Waals surface area (Å²) in [6.45, 7) is 1.68. The van der Waals surface area contributed by atoms with E-state index in [0.29, 0.717) is 11.4 Å². The normalized spacial score (nSPS) is 13.0. The van der Waals surface area contributed by atoms with Crippen LogP contribution >= 0.6 is 0 Å². The minimum atomic E-state index is -4.60. The van der Waals surface area contributed by atoms with Gasteiger partial charge in [0.05, 0.1) is 5.56 Å². The average molecular weight is 471 g/mol. The summed E-state index contributed by atoms with van der Waals surface area (Å²) in [4.78, 5) is 19.6. The maximum absolute atomic E-state index is 14.2. The maximum Gasteiger partial charge on any atom is 1.00 e. The van der Waals surface area contributed by atoms with Gasteiger partial charge in [-0.3, -0.25) is 9.78 Å². The fourth-order valence-electron chi connectivity index (χ4n) is 2.53. The van der Waals surface area contributed by atoms with E-state index >= 15 is 0 Å². The predicted octanol–water partition coefficient (Wildman–Crippen LogP) is 1.33. The molecule has 2 aromatic heterocycles. The van der Waals surface area contributed by atoms with Crippen LogP contribution in [-0.2, 0) is 6.18 Å². The molecule has 0 fully saturated rings. The number of halogens is 4. The second-order valence-electron chi connectivity index (χ2n) is 6.37. The molecule has 0 saturated carbocycles. The Morgan fingerprint density at radius 1 is 1.28 bits per heavy atom. The number of alkyl halides is 3. The van der Waals surface area contributed by atoms with Crippen molar-refractivity contribution in [2.75, 3.05) is 5.32 Å². The summed E-state index contributed by atoms with van der Waals surface area (Å²) in [5.41, 5.74) is -0.659. The Balaban J connectivity index is 0.00000363. The number of pyridine rings is 1. The van der Waals surface area contributed by atoms with Gasteiger partial charge in [0, 0.05) is 23.5 Å². The Labute approximate surface area is 223 Å². The Bertz CT molecular complexity index is 1120. The van der Waals surface area contributed by atoms with Gasteiger partial charge >= 0.3 is 57.6 Å². The molecule has 0 bridgehead atoms. The number of carbonyl (C=O) groups excluding carboxylic acids is 1. The molecule has 0 radical (unpaired) electrons. The van der Waals surface area contributed by atoms with E-state index < -0.39 is 29.6 Å². The van der Waals surface area contributed by atoms with E-state index in [2.05, 4.69) is 26.8 Å². The first-order valence-corrected chi connectivity index (χ1v) is 8.94. The van der Waals surface area contributed by atoms with Crippen molar-refractivity contribution < 1.29 is 78.2 Å². The van der Waals surface area contributed by atoms with Crippen LogP contribution in [0.3, 0.4) is 0 Å². The van der Waals surface area contributed by atoms with Crippen molar-refractivity contribution in [3.05, 3.63) is 95.5 Å². The largest absolute Gasteiger partial charge is 1.00 e. The van der Waals surface area contributed by atoms with Crippen molar-refractivity contribution in [2.24, 2.45) is 4.99 Å². The van der Waals surface area contributed by atoms with Gasteiger partial charge in [-0.25, -0.2) is 4.39 Å². The van der Waals surface area contributed by atoms with Crippen LogP contribution in [0.1, 0.15) is 34.6 Å². The zero-order valence-corrected chi connectivity index (χ0v) is 20.2. The average Bonchev–Trinajstić information content (AvgIpc) is 3.25. The molecule has 0 spiro atoms. The molecule has 11 heteroatoms. The number of anilines is 1. The Hall–Kier alpha value is -2.18. The summed E-state index contributed by atoms with van der Waals surface area (Å²) in [5, 5.41) is 5.94.